The third-order valence-corrected chi connectivity index (χ3v) is 6.50. The van der Waals surface area contributed by atoms with Gasteiger partial charge in [0.15, 0.2) is 5.03 Å². The maximum absolute atomic E-state index is 13.1. The first-order chi connectivity index (χ1) is 12.1. The number of hydrogen-bond acceptors (Lipinski definition) is 4. The Labute approximate surface area is 146 Å². The van der Waals surface area contributed by atoms with Crippen LogP contribution in [0.25, 0.3) is 0 Å². The van der Waals surface area contributed by atoms with Crippen molar-refractivity contribution < 1.29 is 8.42 Å². The van der Waals surface area contributed by atoms with E-state index < -0.39 is 10.0 Å². The fourth-order valence-electron chi connectivity index (χ4n) is 3.37. The molecule has 0 radical (unpaired) electrons. The van der Waals surface area contributed by atoms with Gasteiger partial charge in [-0.3, -0.25) is 0 Å². The monoisotopic (exact) mass is 354 g/mol. The molecule has 0 bridgehead atoms. The van der Waals surface area contributed by atoms with Crippen LogP contribution in [0.3, 0.4) is 0 Å². The van der Waals surface area contributed by atoms with Crippen molar-refractivity contribution in [1.82, 2.24) is 19.3 Å². The van der Waals surface area contributed by atoms with Crippen LogP contribution in [0, 0.1) is 0 Å². The average molecular weight is 354 g/mol. The Morgan fingerprint density at radius 1 is 1.04 bits per heavy atom. The Bertz CT molecular complexity index is 999. The lowest BCUT2D eigenvalue weighted by molar-refractivity contribution is 0.367. The SMILES string of the molecule is Cn1nncc1S(=O)(=O)N1Cc2ccccc2C(c2ccccc2)C1. The summed E-state index contributed by atoms with van der Waals surface area (Å²) in [7, 11) is -2.07. The highest BCUT2D eigenvalue weighted by Crippen LogP contribution is 2.35. The molecule has 2 heterocycles. The first-order valence-electron chi connectivity index (χ1n) is 8.05. The van der Waals surface area contributed by atoms with Crippen LogP contribution in [0.1, 0.15) is 22.6 Å². The summed E-state index contributed by atoms with van der Waals surface area (Å²) in [5, 5.41) is 7.58. The van der Waals surface area contributed by atoms with Gasteiger partial charge in [-0.15, -0.1) is 5.10 Å². The molecule has 2 aromatic carbocycles. The molecule has 1 unspecified atom stereocenters. The molecule has 25 heavy (non-hydrogen) atoms. The Balaban J connectivity index is 1.80. The summed E-state index contributed by atoms with van der Waals surface area (Å²) >= 11 is 0. The van der Waals surface area contributed by atoms with Gasteiger partial charge in [-0.2, -0.15) is 4.31 Å². The number of aromatic nitrogens is 3. The lowest BCUT2D eigenvalue weighted by atomic mass is 9.86. The molecule has 6 nitrogen and oxygen atoms in total. The molecule has 0 N–H and O–H groups in total. The van der Waals surface area contributed by atoms with Crippen LogP contribution < -0.4 is 0 Å². The van der Waals surface area contributed by atoms with E-state index in [9.17, 15) is 8.42 Å². The number of fused-ring (bicyclic) bond motifs is 1. The lowest BCUT2D eigenvalue weighted by Crippen LogP contribution is -2.39. The van der Waals surface area contributed by atoms with Crippen LogP contribution in [0.5, 0.6) is 0 Å². The first kappa shape index (κ1) is 16.0. The molecule has 1 aliphatic heterocycles. The topological polar surface area (TPSA) is 68.1 Å². The van der Waals surface area contributed by atoms with Gasteiger partial charge in [0, 0.05) is 26.1 Å². The molecule has 0 fully saturated rings. The molecule has 3 aromatic rings. The molecule has 0 spiro atoms. The molecule has 1 atom stereocenters. The minimum Gasteiger partial charge on any atom is -0.236 e. The molecule has 0 saturated carbocycles. The van der Waals surface area contributed by atoms with E-state index in [4.69, 9.17) is 0 Å². The van der Waals surface area contributed by atoms with Gasteiger partial charge in [0.2, 0.25) is 0 Å². The molecule has 128 valence electrons. The smallest absolute Gasteiger partial charge is 0.236 e. The van der Waals surface area contributed by atoms with Gasteiger partial charge in [-0.1, -0.05) is 59.8 Å². The second-order valence-electron chi connectivity index (χ2n) is 6.16. The Hall–Kier alpha value is -2.51. The fourth-order valence-corrected chi connectivity index (χ4v) is 4.84. The van der Waals surface area contributed by atoms with Gasteiger partial charge in [0.05, 0.1) is 6.20 Å². The summed E-state index contributed by atoms with van der Waals surface area (Å²) in [5.41, 5.74) is 3.32. The van der Waals surface area contributed by atoms with E-state index in [2.05, 4.69) is 16.4 Å². The van der Waals surface area contributed by atoms with E-state index >= 15 is 0 Å². The summed E-state index contributed by atoms with van der Waals surface area (Å²) in [6, 6.07) is 18.1. The van der Waals surface area contributed by atoms with Crippen LogP contribution in [0.4, 0.5) is 0 Å². The predicted octanol–water partition coefficient (Wildman–Crippen LogP) is 2.15. The number of aryl methyl sites for hydroxylation is 1. The highest BCUT2D eigenvalue weighted by molar-refractivity contribution is 7.89. The number of nitrogens with zero attached hydrogens (tertiary/aromatic N) is 4. The van der Waals surface area contributed by atoms with Gasteiger partial charge in [0.1, 0.15) is 0 Å². The van der Waals surface area contributed by atoms with Crippen LogP contribution in [0.2, 0.25) is 0 Å². The Morgan fingerprint density at radius 2 is 1.76 bits per heavy atom. The highest BCUT2D eigenvalue weighted by Gasteiger charge is 2.35. The van der Waals surface area contributed by atoms with Crippen LogP contribution in [-0.4, -0.2) is 34.3 Å². The minimum absolute atomic E-state index is 0.00196. The van der Waals surface area contributed by atoms with Gasteiger partial charge in [0.25, 0.3) is 10.0 Å². The normalized spacial score (nSPS) is 18.0. The standard InChI is InChI=1S/C18H18N4O2S/c1-21-18(11-19-20-21)25(23,24)22-12-15-9-5-6-10-16(15)17(13-22)14-7-3-2-4-8-14/h2-11,17H,12-13H2,1H3. The van der Waals surface area contributed by atoms with E-state index in [1.807, 2.05) is 48.5 Å². The van der Waals surface area contributed by atoms with Crippen molar-refractivity contribution in [2.75, 3.05) is 6.54 Å². The maximum Gasteiger partial charge on any atom is 0.262 e. The van der Waals surface area contributed by atoms with Crippen molar-refractivity contribution in [2.45, 2.75) is 17.5 Å². The van der Waals surface area contributed by atoms with E-state index in [0.717, 1.165) is 11.1 Å². The van der Waals surface area contributed by atoms with Crippen LogP contribution in [0.15, 0.2) is 65.8 Å². The fraction of sp³-hybridized carbons (Fsp3) is 0.222. The molecule has 7 heteroatoms. The zero-order valence-electron chi connectivity index (χ0n) is 13.8. The van der Waals surface area contributed by atoms with E-state index in [1.165, 1.54) is 20.7 Å². The van der Waals surface area contributed by atoms with Crippen LogP contribution >= 0.6 is 0 Å². The highest BCUT2D eigenvalue weighted by atomic mass is 32.2. The lowest BCUT2D eigenvalue weighted by Gasteiger charge is -2.34. The average Bonchev–Trinajstić information content (AvgIpc) is 3.08. The number of benzene rings is 2. The Morgan fingerprint density at radius 3 is 2.48 bits per heavy atom. The molecular formula is C18H18N4O2S. The summed E-state index contributed by atoms with van der Waals surface area (Å²) < 4.78 is 29.0. The van der Waals surface area contributed by atoms with Crippen molar-refractivity contribution in [3.63, 3.8) is 0 Å². The zero-order valence-corrected chi connectivity index (χ0v) is 14.6. The summed E-state index contributed by atoms with van der Waals surface area (Å²) in [6.45, 7) is 0.752. The zero-order chi connectivity index (χ0) is 17.4. The second-order valence-corrected chi connectivity index (χ2v) is 8.04. The summed E-state index contributed by atoms with van der Waals surface area (Å²) in [5.74, 6) is 0.00196. The van der Waals surface area contributed by atoms with Crippen molar-refractivity contribution >= 4 is 10.0 Å². The summed E-state index contributed by atoms with van der Waals surface area (Å²) in [4.78, 5) is 0. The van der Waals surface area contributed by atoms with Gasteiger partial charge in [-0.05, 0) is 16.7 Å². The maximum atomic E-state index is 13.1. The van der Waals surface area contributed by atoms with Crippen LogP contribution in [-0.2, 0) is 23.6 Å². The van der Waals surface area contributed by atoms with Gasteiger partial charge in [-0.25, -0.2) is 13.1 Å². The number of hydrogen-bond donors (Lipinski definition) is 0. The van der Waals surface area contributed by atoms with E-state index in [1.54, 1.807) is 7.05 Å². The summed E-state index contributed by atoms with van der Waals surface area (Å²) in [6.07, 6.45) is 1.30. The molecule has 0 aliphatic carbocycles. The molecule has 0 amide bonds. The van der Waals surface area contributed by atoms with Crippen molar-refractivity contribution in [1.29, 1.82) is 0 Å². The van der Waals surface area contributed by atoms with Gasteiger partial charge < -0.3 is 0 Å². The molecule has 1 aliphatic rings. The predicted molar refractivity (Wildman–Crippen MR) is 93.3 cm³/mol. The van der Waals surface area contributed by atoms with Crippen molar-refractivity contribution in [3.05, 3.63) is 77.5 Å². The van der Waals surface area contributed by atoms with E-state index in [0.29, 0.717) is 13.1 Å². The third kappa shape index (κ3) is 2.75. The molecule has 0 saturated heterocycles. The second kappa shape index (κ2) is 6.09. The van der Waals surface area contributed by atoms with Crippen molar-refractivity contribution in [3.8, 4) is 0 Å². The Kier molecular flexibility index (Phi) is 3.89. The first-order valence-corrected chi connectivity index (χ1v) is 9.49. The van der Waals surface area contributed by atoms with E-state index in [-0.39, 0.29) is 10.9 Å². The molecule has 1 aromatic heterocycles. The number of sulfonamides is 1. The third-order valence-electron chi connectivity index (χ3n) is 4.64. The molecule has 4 rings (SSSR count). The largest absolute Gasteiger partial charge is 0.262 e. The minimum atomic E-state index is -3.66. The van der Waals surface area contributed by atoms with Gasteiger partial charge >= 0.3 is 0 Å². The molecular weight excluding hydrogens is 336 g/mol. The van der Waals surface area contributed by atoms with Crippen molar-refractivity contribution in [2.24, 2.45) is 7.05 Å². The number of rotatable bonds is 3. The quantitative estimate of drug-likeness (QED) is 0.723.